The van der Waals surface area contributed by atoms with Gasteiger partial charge < -0.3 is 10.6 Å². The summed E-state index contributed by atoms with van der Waals surface area (Å²) in [5, 5.41) is 0. The van der Waals surface area contributed by atoms with Gasteiger partial charge in [0.2, 0.25) is 15.9 Å². The number of pyridine rings is 1. The van der Waals surface area contributed by atoms with Crippen LogP contribution in [-0.4, -0.2) is 43.2 Å². The fraction of sp³-hybridized carbons (Fsp3) is 0.300. The number of nitrogens with zero attached hydrogens (tertiary/aromatic N) is 3. The van der Waals surface area contributed by atoms with E-state index in [-0.39, 0.29) is 11.4 Å². The van der Waals surface area contributed by atoms with Gasteiger partial charge in [0.25, 0.3) is 0 Å². The number of carbonyl (C=O) groups excluding carboxylic acids is 1. The number of sulfonamides is 1. The lowest BCUT2D eigenvalue weighted by Crippen LogP contribution is -2.35. The maximum absolute atomic E-state index is 13.0. The highest BCUT2D eigenvalue weighted by molar-refractivity contribution is 7.89. The van der Waals surface area contributed by atoms with Gasteiger partial charge in [0.15, 0.2) is 0 Å². The van der Waals surface area contributed by atoms with Gasteiger partial charge >= 0.3 is 0 Å². The lowest BCUT2D eigenvalue weighted by Gasteiger charge is -2.31. The van der Waals surface area contributed by atoms with Crippen molar-refractivity contribution in [3.05, 3.63) is 53.9 Å². The van der Waals surface area contributed by atoms with Crippen LogP contribution in [0, 0.1) is 0 Å². The molecule has 2 aliphatic heterocycles. The summed E-state index contributed by atoms with van der Waals surface area (Å²) in [5.74, 6) is -0.515. The van der Waals surface area contributed by atoms with Crippen molar-refractivity contribution in [2.45, 2.75) is 24.2 Å². The highest BCUT2D eigenvalue weighted by Gasteiger charge is 2.28. The highest BCUT2D eigenvalue weighted by atomic mass is 32.2. The molecule has 0 spiro atoms. The molecular weight excluding hydrogens is 376 g/mol. The molecule has 2 N–H and O–H groups in total. The number of carbonyl (C=O) groups is 1. The second-order valence-electron chi connectivity index (χ2n) is 6.99. The van der Waals surface area contributed by atoms with Crippen molar-refractivity contribution in [3.8, 4) is 0 Å². The summed E-state index contributed by atoms with van der Waals surface area (Å²) in [4.78, 5) is 18.2. The Morgan fingerprint density at radius 3 is 2.61 bits per heavy atom. The number of piperidine rings is 1. The van der Waals surface area contributed by atoms with Crippen molar-refractivity contribution in [1.82, 2.24) is 9.29 Å². The van der Waals surface area contributed by atoms with E-state index in [0.717, 1.165) is 24.9 Å². The predicted octanol–water partition coefficient (Wildman–Crippen LogP) is 2.28. The van der Waals surface area contributed by atoms with E-state index >= 15 is 0 Å². The first kappa shape index (κ1) is 18.6. The van der Waals surface area contributed by atoms with Crippen LogP contribution in [-0.2, 0) is 14.8 Å². The Bertz CT molecular complexity index is 1040. The normalized spacial score (nSPS) is 17.7. The summed E-state index contributed by atoms with van der Waals surface area (Å²) in [6.45, 7) is 1.37. The smallest absolute Gasteiger partial charge is 0.246 e. The van der Waals surface area contributed by atoms with E-state index in [1.54, 1.807) is 34.8 Å². The number of amides is 1. The molecule has 28 heavy (non-hydrogen) atoms. The highest BCUT2D eigenvalue weighted by Crippen LogP contribution is 2.34. The Hall–Kier alpha value is -2.71. The number of fused-ring (bicyclic) bond motifs is 1. The maximum Gasteiger partial charge on any atom is 0.246 e. The minimum Gasteiger partial charge on any atom is -0.366 e. The second kappa shape index (κ2) is 7.37. The average molecular weight is 398 g/mol. The summed E-state index contributed by atoms with van der Waals surface area (Å²) >= 11 is 0. The van der Waals surface area contributed by atoms with Crippen molar-refractivity contribution in [2.24, 2.45) is 5.73 Å². The number of nitrogens with two attached hydrogens (primary N) is 1. The van der Waals surface area contributed by atoms with Crippen molar-refractivity contribution < 1.29 is 13.2 Å². The summed E-state index contributed by atoms with van der Waals surface area (Å²) in [6, 6.07) is 10.5. The molecule has 4 rings (SSSR count). The SMILES string of the molecule is NC(=O)C1=Cc2ncccc2N(c2cccc(S(=O)(=O)N3CCCCC3)c2)C1. The zero-order chi connectivity index (χ0) is 19.7. The van der Waals surface area contributed by atoms with E-state index in [4.69, 9.17) is 5.73 Å². The molecule has 1 fully saturated rings. The molecule has 0 atom stereocenters. The molecule has 0 radical (unpaired) electrons. The molecule has 3 heterocycles. The van der Waals surface area contributed by atoms with E-state index in [0.29, 0.717) is 30.0 Å². The first-order valence-corrected chi connectivity index (χ1v) is 10.7. The van der Waals surface area contributed by atoms with E-state index < -0.39 is 15.9 Å². The fourth-order valence-electron chi connectivity index (χ4n) is 3.66. The van der Waals surface area contributed by atoms with E-state index in [1.807, 2.05) is 23.1 Å². The van der Waals surface area contributed by atoms with Crippen LogP contribution in [0.1, 0.15) is 25.0 Å². The standard InChI is InChI=1S/C20H22N4O3S/c21-20(25)15-12-18-19(8-5-9-22-18)24(14-15)16-6-4-7-17(13-16)28(26,27)23-10-2-1-3-11-23/h4-9,12-13H,1-3,10-11,14H2,(H2,21,25). The Labute approximate surface area is 164 Å². The van der Waals surface area contributed by atoms with Crippen molar-refractivity contribution in [3.63, 3.8) is 0 Å². The predicted molar refractivity (Wildman–Crippen MR) is 107 cm³/mol. The molecule has 1 aromatic heterocycles. The van der Waals surface area contributed by atoms with Crippen LogP contribution in [0.2, 0.25) is 0 Å². The van der Waals surface area contributed by atoms with Crippen LogP contribution >= 0.6 is 0 Å². The van der Waals surface area contributed by atoms with Crippen LogP contribution in [0.5, 0.6) is 0 Å². The third-order valence-electron chi connectivity index (χ3n) is 5.15. The topological polar surface area (TPSA) is 96.6 Å². The molecule has 7 nitrogen and oxygen atoms in total. The molecule has 8 heteroatoms. The minimum atomic E-state index is -3.55. The van der Waals surface area contributed by atoms with Crippen LogP contribution in [0.4, 0.5) is 11.4 Å². The molecule has 146 valence electrons. The average Bonchev–Trinajstić information content (AvgIpc) is 2.73. The molecule has 1 aromatic carbocycles. The number of aromatic nitrogens is 1. The van der Waals surface area contributed by atoms with Gasteiger partial charge in [-0.15, -0.1) is 0 Å². The van der Waals surface area contributed by atoms with Crippen LogP contribution in [0.15, 0.2) is 53.1 Å². The zero-order valence-corrected chi connectivity index (χ0v) is 16.2. The Morgan fingerprint density at radius 2 is 1.86 bits per heavy atom. The van der Waals surface area contributed by atoms with E-state index in [9.17, 15) is 13.2 Å². The fourth-order valence-corrected chi connectivity index (χ4v) is 5.22. The largest absolute Gasteiger partial charge is 0.366 e. The number of benzene rings is 1. The lowest BCUT2D eigenvalue weighted by molar-refractivity contribution is -0.114. The van der Waals surface area contributed by atoms with Crippen LogP contribution in [0.3, 0.4) is 0 Å². The molecule has 2 aromatic rings. The first-order chi connectivity index (χ1) is 13.5. The molecule has 2 aliphatic rings. The Balaban J connectivity index is 1.73. The summed E-state index contributed by atoms with van der Waals surface area (Å²) in [7, 11) is -3.55. The molecule has 1 amide bonds. The monoisotopic (exact) mass is 398 g/mol. The van der Waals surface area contributed by atoms with Crippen molar-refractivity contribution in [1.29, 1.82) is 0 Å². The van der Waals surface area contributed by atoms with Crippen molar-refractivity contribution in [2.75, 3.05) is 24.5 Å². The molecular formula is C20H22N4O3S. The van der Waals surface area contributed by atoms with Gasteiger partial charge in [0.05, 0.1) is 22.8 Å². The number of hydrogen-bond acceptors (Lipinski definition) is 5. The molecule has 0 unspecified atom stereocenters. The summed E-state index contributed by atoms with van der Waals surface area (Å²) < 4.78 is 27.7. The van der Waals surface area contributed by atoms with Gasteiger partial charge in [0.1, 0.15) is 0 Å². The number of primary amides is 1. The quantitative estimate of drug-likeness (QED) is 0.852. The first-order valence-electron chi connectivity index (χ1n) is 9.30. The minimum absolute atomic E-state index is 0.257. The Morgan fingerprint density at radius 1 is 1.07 bits per heavy atom. The summed E-state index contributed by atoms with van der Waals surface area (Å²) in [6.07, 6.45) is 6.16. The third kappa shape index (κ3) is 3.41. The van der Waals surface area contributed by atoms with Gasteiger partial charge in [-0.3, -0.25) is 9.78 Å². The van der Waals surface area contributed by atoms with Gasteiger partial charge in [-0.25, -0.2) is 8.42 Å². The second-order valence-corrected chi connectivity index (χ2v) is 8.93. The van der Waals surface area contributed by atoms with Crippen molar-refractivity contribution >= 4 is 33.4 Å². The lowest BCUT2D eigenvalue weighted by atomic mass is 10.1. The third-order valence-corrected chi connectivity index (χ3v) is 7.04. The number of hydrogen-bond donors (Lipinski definition) is 1. The van der Waals surface area contributed by atoms with Gasteiger partial charge in [-0.05, 0) is 49.2 Å². The molecule has 0 aliphatic carbocycles. The summed E-state index contributed by atoms with van der Waals surface area (Å²) in [5.41, 5.74) is 8.04. The molecule has 0 saturated carbocycles. The van der Waals surface area contributed by atoms with Gasteiger partial charge in [0, 0.05) is 30.5 Å². The van der Waals surface area contributed by atoms with Gasteiger partial charge in [-0.1, -0.05) is 12.5 Å². The Kier molecular flexibility index (Phi) is 4.91. The van der Waals surface area contributed by atoms with Crippen LogP contribution in [0.25, 0.3) is 6.08 Å². The number of anilines is 2. The zero-order valence-electron chi connectivity index (χ0n) is 15.4. The van der Waals surface area contributed by atoms with E-state index in [2.05, 4.69) is 4.98 Å². The molecule has 0 bridgehead atoms. The van der Waals surface area contributed by atoms with E-state index in [1.165, 1.54) is 0 Å². The maximum atomic E-state index is 13.0. The number of rotatable bonds is 4. The molecule has 1 saturated heterocycles. The van der Waals surface area contributed by atoms with Gasteiger partial charge in [-0.2, -0.15) is 4.31 Å². The van der Waals surface area contributed by atoms with Crippen LogP contribution < -0.4 is 10.6 Å².